The largest absolute Gasteiger partial charge is 0.310 e. The Kier molecular flexibility index (Phi) is 6.38. The van der Waals surface area contributed by atoms with Gasteiger partial charge in [0.05, 0.1) is 0 Å². The normalized spacial score (nSPS) is 12.4. The maximum Gasteiger partial charge on any atom is 0.0292 e. The molecule has 1 atom stereocenters. The fourth-order valence-corrected chi connectivity index (χ4v) is 2.37. The van der Waals surface area contributed by atoms with Gasteiger partial charge in [-0.15, -0.1) is 11.8 Å². The molecule has 1 aromatic rings. The first kappa shape index (κ1) is 14.3. The number of thioether (sulfide) groups is 1. The molecule has 94 valence electrons. The summed E-state index contributed by atoms with van der Waals surface area (Å²) in [7, 11) is 0. The van der Waals surface area contributed by atoms with E-state index in [1.807, 2.05) is 11.8 Å². The van der Waals surface area contributed by atoms with Crippen LogP contribution in [0, 0.1) is 0 Å². The van der Waals surface area contributed by atoms with Crippen LogP contribution in [0.1, 0.15) is 38.8 Å². The van der Waals surface area contributed by atoms with Crippen LogP contribution in [0.15, 0.2) is 41.3 Å². The highest BCUT2D eigenvalue weighted by molar-refractivity contribution is 7.99. The average Bonchev–Trinajstić information content (AvgIpc) is 2.33. The van der Waals surface area contributed by atoms with Gasteiger partial charge in [-0.25, -0.2) is 0 Å². The van der Waals surface area contributed by atoms with Crippen LogP contribution in [0.4, 0.5) is 0 Å². The molecule has 0 aliphatic heterocycles. The number of nitrogens with one attached hydrogen (secondary N) is 1. The summed E-state index contributed by atoms with van der Waals surface area (Å²) in [6.07, 6.45) is 1.18. The van der Waals surface area contributed by atoms with Crippen molar-refractivity contribution in [1.29, 1.82) is 0 Å². The van der Waals surface area contributed by atoms with Gasteiger partial charge >= 0.3 is 0 Å². The van der Waals surface area contributed by atoms with Crippen LogP contribution in [-0.4, -0.2) is 12.3 Å². The molecule has 0 bridgehead atoms. The van der Waals surface area contributed by atoms with Gasteiger partial charge in [0.25, 0.3) is 0 Å². The molecule has 1 unspecified atom stereocenters. The topological polar surface area (TPSA) is 12.0 Å². The predicted molar refractivity (Wildman–Crippen MR) is 78.7 cm³/mol. The predicted octanol–water partition coefficient (Wildman–Crippen LogP) is 4.42. The SMILES string of the molecule is C=C(C)CSc1cccc(C(C)NCCC)c1. The van der Waals surface area contributed by atoms with Gasteiger partial charge in [-0.05, 0) is 44.5 Å². The second-order valence-electron chi connectivity index (χ2n) is 4.49. The molecule has 0 spiro atoms. The van der Waals surface area contributed by atoms with Crippen molar-refractivity contribution in [2.24, 2.45) is 0 Å². The van der Waals surface area contributed by atoms with Crippen LogP contribution in [0.2, 0.25) is 0 Å². The van der Waals surface area contributed by atoms with E-state index in [0.29, 0.717) is 6.04 Å². The molecule has 0 saturated heterocycles. The van der Waals surface area contributed by atoms with Crippen LogP contribution >= 0.6 is 11.8 Å². The van der Waals surface area contributed by atoms with Crippen LogP contribution in [-0.2, 0) is 0 Å². The molecular formula is C15H23NS. The maximum absolute atomic E-state index is 3.94. The molecule has 17 heavy (non-hydrogen) atoms. The van der Waals surface area contributed by atoms with Crippen molar-refractivity contribution in [3.63, 3.8) is 0 Å². The van der Waals surface area contributed by atoms with E-state index in [0.717, 1.165) is 12.3 Å². The lowest BCUT2D eigenvalue weighted by atomic mass is 10.1. The minimum Gasteiger partial charge on any atom is -0.310 e. The van der Waals surface area contributed by atoms with Gasteiger partial charge in [0, 0.05) is 16.7 Å². The third kappa shape index (κ3) is 5.42. The van der Waals surface area contributed by atoms with Crippen molar-refractivity contribution in [1.82, 2.24) is 5.32 Å². The molecule has 2 heteroatoms. The Labute approximate surface area is 110 Å². The molecule has 1 rings (SSSR count). The van der Waals surface area contributed by atoms with E-state index in [1.165, 1.54) is 22.5 Å². The Bertz CT molecular complexity index is 360. The maximum atomic E-state index is 3.94. The summed E-state index contributed by atoms with van der Waals surface area (Å²) < 4.78 is 0. The zero-order valence-electron chi connectivity index (χ0n) is 11.1. The smallest absolute Gasteiger partial charge is 0.0292 e. The first-order valence-electron chi connectivity index (χ1n) is 6.24. The van der Waals surface area contributed by atoms with Crippen LogP contribution in [0.25, 0.3) is 0 Å². The molecule has 0 radical (unpaired) electrons. The number of rotatable bonds is 7. The van der Waals surface area contributed by atoms with Crippen molar-refractivity contribution >= 4 is 11.8 Å². The second-order valence-corrected chi connectivity index (χ2v) is 5.54. The van der Waals surface area contributed by atoms with Crippen LogP contribution < -0.4 is 5.32 Å². The lowest BCUT2D eigenvalue weighted by Gasteiger charge is -2.14. The third-order valence-electron chi connectivity index (χ3n) is 2.54. The van der Waals surface area contributed by atoms with Crippen molar-refractivity contribution in [3.8, 4) is 0 Å². The highest BCUT2D eigenvalue weighted by atomic mass is 32.2. The third-order valence-corrected chi connectivity index (χ3v) is 3.77. The van der Waals surface area contributed by atoms with E-state index in [1.54, 1.807) is 0 Å². The summed E-state index contributed by atoms with van der Waals surface area (Å²) >= 11 is 1.86. The van der Waals surface area contributed by atoms with E-state index < -0.39 is 0 Å². The van der Waals surface area contributed by atoms with Gasteiger partial charge in [-0.2, -0.15) is 0 Å². The number of benzene rings is 1. The van der Waals surface area contributed by atoms with Crippen molar-refractivity contribution in [2.45, 2.75) is 38.1 Å². The molecule has 0 amide bonds. The molecule has 0 heterocycles. The lowest BCUT2D eigenvalue weighted by molar-refractivity contribution is 0.570. The number of hydrogen-bond donors (Lipinski definition) is 1. The van der Waals surface area contributed by atoms with E-state index >= 15 is 0 Å². The van der Waals surface area contributed by atoms with Crippen molar-refractivity contribution in [2.75, 3.05) is 12.3 Å². The summed E-state index contributed by atoms with van der Waals surface area (Å²) in [6, 6.07) is 9.21. The Hall–Kier alpha value is -0.730. The Morgan fingerprint density at radius 1 is 1.47 bits per heavy atom. The van der Waals surface area contributed by atoms with E-state index in [2.05, 4.69) is 56.9 Å². The van der Waals surface area contributed by atoms with Crippen molar-refractivity contribution < 1.29 is 0 Å². The summed E-state index contributed by atoms with van der Waals surface area (Å²) in [5.74, 6) is 1.00. The molecule has 1 aromatic carbocycles. The highest BCUT2D eigenvalue weighted by Gasteiger charge is 2.04. The fraction of sp³-hybridized carbons (Fsp3) is 0.467. The fourth-order valence-electron chi connectivity index (χ4n) is 1.56. The standard InChI is InChI=1S/C15H23NS/c1-5-9-16-13(4)14-7-6-8-15(10-14)17-11-12(2)3/h6-8,10,13,16H,2,5,9,11H2,1,3-4H3. The molecule has 0 aliphatic rings. The second kappa shape index (κ2) is 7.57. The highest BCUT2D eigenvalue weighted by Crippen LogP contribution is 2.23. The average molecular weight is 249 g/mol. The van der Waals surface area contributed by atoms with E-state index in [-0.39, 0.29) is 0 Å². The molecule has 0 aromatic heterocycles. The quantitative estimate of drug-likeness (QED) is 0.567. The van der Waals surface area contributed by atoms with Gasteiger partial charge in [0.2, 0.25) is 0 Å². The van der Waals surface area contributed by atoms with Crippen LogP contribution in [0.3, 0.4) is 0 Å². The molecular weight excluding hydrogens is 226 g/mol. The molecule has 0 aliphatic carbocycles. The first-order chi connectivity index (χ1) is 8.13. The lowest BCUT2D eigenvalue weighted by Crippen LogP contribution is -2.19. The van der Waals surface area contributed by atoms with E-state index in [9.17, 15) is 0 Å². The minimum absolute atomic E-state index is 0.431. The molecule has 1 N–H and O–H groups in total. The van der Waals surface area contributed by atoms with Gasteiger partial charge in [-0.3, -0.25) is 0 Å². The summed E-state index contributed by atoms with van der Waals surface area (Å²) in [6.45, 7) is 11.5. The Morgan fingerprint density at radius 2 is 2.24 bits per heavy atom. The molecule has 1 nitrogen and oxygen atoms in total. The zero-order valence-corrected chi connectivity index (χ0v) is 11.9. The van der Waals surface area contributed by atoms with Gasteiger partial charge < -0.3 is 5.32 Å². The van der Waals surface area contributed by atoms with Crippen molar-refractivity contribution in [3.05, 3.63) is 42.0 Å². The number of hydrogen-bond acceptors (Lipinski definition) is 2. The van der Waals surface area contributed by atoms with E-state index in [4.69, 9.17) is 0 Å². The minimum atomic E-state index is 0.431. The summed E-state index contributed by atoms with van der Waals surface area (Å²) in [5, 5.41) is 3.51. The summed E-state index contributed by atoms with van der Waals surface area (Å²) in [4.78, 5) is 1.33. The summed E-state index contributed by atoms with van der Waals surface area (Å²) in [5.41, 5.74) is 2.59. The van der Waals surface area contributed by atoms with Gasteiger partial charge in [-0.1, -0.05) is 31.2 Å². The molecule has 0 saturated carbocycles. The zero-order chi connectivity index (χ0) is 12.7. The first-order valence-corrected chi connectivity index (χ1v) is 7.22. The molecule has 0 fully saturated rings. The Morgan fingerprint density at radius 3 is 2.88 bits per heavy atom. The Balaban J connectivity index is 2.61. The monoisotopic (exact) mass is 249 g/mol. The van der Waals surface area contributed by atoms with Gasteiger partial charge in [0.15, 0.2) is 0 Å². The van der Waals surface area contributed by atoms with Gasteiger partial charge in [0.1, 0.15) is 0 Å². The van der Waals surface area contributed by atoms with Crippen LogP contribution in [0.5, 0.6) is 0 Å².